The first-order valence-electron chi connectivity index (χ1n) is 6.23. The van der Waals surface area contributed by atoms with Crippen molar-refractivity contribution in [2.24, 2.45) is 0 Å². The Morgan fingerprint density at radius 3 is 3.00 bits per heavy atom. The average Bonchev–Trinajstić information content (AvgIpc) is 2.46. The van der Waals surface area contributed by atoms with Gasteiger partial charge in [-0.15, -0.1) is 0 Å². The van der Waals surface area contributed by atoms with Crippen LogP contribution in [0, 0.1) is 0 Å². The van der Waals surface area contributed by atoms with E-state index in [9.17, 15) is 0 Å². The molecule has 19 heavy (non-hydrogen) atoms. The largest absolute Gasteiger partial charge is 0.381 e. The Morgan fingerprint density at radius 2 is 2.11 bits per heavy atom. The van der Waals surface area contributed by atoms with Crippen LogP contribution in [0.25, 0.3) is 0 Å². The molecule has 0 radical (unpaired) electrons. The maximum atomic E-state index is 5.86. The van der Waals surface area contributed by atoms with Crippen molar-refractivity contribution < 1.29 is 4.74 Å². The van der Waals surface area contributed by atoms with Crippen molar-refractivity contribution in [3.63, 3.8) is 0 Å². The highest BCUT2D eigenvalue weighted by Gasteiger charge is 2.21. The molecule has 0 bridgehead atoms. The second kappa shape index (κ2) is 5.59. The summed E-state index contributed by atoms with van der Waals surface area (Å²) in [4.78, 5) is 8.28. The molecule has 4 nitrogen and oxygen atoms in total. The lowest BCUT2D eigenvalue weighted by Gasteiger charge is -2.25. The van der Waals surface area contributed by atoms with Gasteiger partial charge in [0.25, 0.3) is 0 Å². The van der Waals surface area contributed by atoms with E-state index in [2.05, 4.69) is 34.2 Å². The molecular formula is C14H15N3OS. The smallest absolute Gasteiger partial charge is 0.156 e. The molecule has 1 atom stereocenters. The van der Waals surface area contributed by atoms with Gasteiger partial charge in [0, 0.05) is 18.1 Å². The van der Waals surface area contributed by atoms with Crippen molar-refractivity contribution in [1.82, 2.24) is 9.97 Å². The third-order valence-electron chi connectivity index (χ3n) is 3.16. The van der Waals surface area contributed by atoms with Crippen molar-refractivity contribution >= 4 is 17.6 Å². The minimum absolute atomic E-state index is 0.108. The highest BCUT2D eigenvalue weighted by atomic mass is 32.2. The molecule has 2 aromatic rings. The van der Waals surface area contributed by atoms with Crippen LogP contribution < -0.4 is 5.73 Å². The van der Waals surface area contributed by atoms with Gasteiger partial charge in [-0.2, -0.15) is 0 Å². The predicted octanol–water partition coefficient (Wildman–Crippen LogP) is 2.46. The minimum atomic E-state index is 0.108. The van der Waals surface area contributed by atoms with E-state index in [0.717, 1.165) is 23.8 Å². The fourth-order valence-electron chi connectivity index (χ4n) is 2.22. The second-order valence-corrected chi connectivity index (χ2v) is 5.37. The Labute approximate surface area is 116 Å². The van der Waals surface area contributed by atoms with Gasteiger partial charge in [-0.1, -0.05) is 36.0 Å². The molecule has 1 aromatic carbocycles. The third kappa shape index (κ3) is 2.72. The number of aromatic nitrogens is 2. The highest BCUT2D eigenvalue weighted by Crippen LogP contribution is 2.32. The number of ether oxygens (including phenoxy) is 1. The zero-order valence-electron chi connectivity index (χ0n) is 10.5. The Kier molecular flexibility index (Phi) is 3.66. The number of hydrogen-bond donors (Lipinski definition) is 1. The molecule has 1 unspecified atom stereocenters. The van der Waals surface area contributed by atoms with Crippen LogP contribution in [0.5, 0.6) is 0 Å². The first-order valence-corrected chi connectivity index (χ1v) is 7.22. The lowest BCUT2D eigenvalue weighted by molar-refractivity contribution is 0.0588. The van der Waals surface area contributed by atoms with Gasteiger partial charge < -0.3 is 10.5 Å². The third-order valence-corrected chi connectivity index (χ3v) is 4.21. The summed E-state index contributed by atoms with van der Waals surface area (Å²) < 4.78 is 5.86. The molecule has 0 aliphatic carbocycles. The summed E-state index contributed by atoms with van der Waals surface area (Å²) in [6, 6.07) is 8.45. The zero-order valence-corrected chi connectivity index (χ0v) is 11.3. The SMILES string of the molecule is Nc1nccnc1SCC1OCCc2ccccc21. The molecule has 0 amide bonds. The van der Waals surface area contributed by atoms with Crippen molar-refractivity contribution in [2.75, 3.05) is 18.1 Å². The van der Waals surface area contributed by atoms with Crippen LogP contribution in [0.1, 0.15) is 17.2 Å². The average molecular weight is 273 g/mol. The Morgan fingerprint density at radius 1 is 1.26 bits per heavy atom. The van der Waals surface area contributed by atoms with Crippen molar-refractivity contribution in [1.29, 1.82) is 0 Å². The topological polar surface area (TPSA) is 61.0 Å². The number of nitrogens with zero attached hydrogens (tertiary/aromatic N) is 2. The van der Waals surface area contributed by atoms with E-state index in [0.29, 0.717) is 5.82 Å². The van der Waals surface area contributed by atoms with Gasteiger partial charge in [-0.05, 0) is 17.5 Å². The van der Waals surface area contributed by atoms with Gasteiger partial charge in [0.2, 0.25) is 0 Å². The van der Waals surface area contributed by atoms with Crippen LogP contribution >= 0.6 is 11.8 Å². The fourth-order valence-corrected chi connectivity index (χ4v) is 3.14. The molecular weight excluding hydrogens is 258 g/mol. The molecule has 5 heteroatoms. The summed E-state index contributed by atoms with van der Waals surface area (Å²) in [7, 11) is 0. The normalized spacial score (nSPS) is 18.0. The summed E-state index contributed by atoms with van der Waals surface area (Å²) in [5.41, 5.74) is 8.46. The second-order valence-electron chi connectivity index (χ2n) is 4.37. The molecule has 1 aliphatic rings. The van der Waals surface area contributed by atoms with Gasteiger partial charge >= 0.3 is 0 Å². The lowest BCUT2D eigenvalue weighted by Crippen LogP contribution is -2.18. The van der Waals surface area contributed by atoms with Crippen molar-refractivity contribution in [3.05, 3.63) is 47.8 Å². The molecule has 0 spiro atoms. The molecule has 3 rings (SSSR count). The van der Waals surface area contributed by atoms with Gasteiger partial charge in [0.05, 0.1) is 12.7 Å². The first-order chi connectivity index (χ1) is 9.34. The van der Waals surface area contributed by atoms with E-state index in [1.807, 2.05) is 0 Å². The van der Waals surface area contributed by atoms with Gasteiger partial charge in [0.1, 0.15) is 5.03 Å². The van der Waals surface area contributed by atoms with Crippen molar-refractivity contribution in [3.8, 4) is 0 Å². The minimum Gasteiger partial charge on any atom is -0.381 e. The van der Waals surface area contributed by atoms with Crippen LogP contribution in [0.2, 0.25) is 0 Å². The quantitative estimate of drug-likeness (QED) is 0.870. The summed E-state index contributed by atoms with van der Waals surface area (Å²) in [5, 5.41) is 0.772. The fraction of sp³-hybridized carbons (Fsp3) is 0.286. The monoisotopic (exact) mass is 273 g/mol. The molecule has 1 aliphatic heterocycles. The number of nitrogen functional groups attached to an aromatic ring is 1. The number of thioether (sulfide) groups is 1. The Hall–Kier alpha value is -1.59. The predicted molar refractivity (Wildman–Crippen MR) is 76.0 cm³/mol. The number of rotatable bonds is 3. The van der Waals surface area contributed by atoms with E-state index in [4.69, 9.17) is 10.5 Å². The van der Waals surface area contributed by atoms with E-state index in [1.54, 1.807) is 24.2 Å². The van der Waals surface area contributed by atoms with Crippen LogP contribution in [0.4, 0.5) is 5.82 Å². The van der Waals surface area contributed by atoms with Crippen LogP contribution in [-0.4, -0.2) is 22.3 Å². The number of anilines is 1. The number of hydrogen-bond acceptors (Lipinski definition) is 5. The number of nitrogens with two attached hydrogens (primary N) is 1. The summed E-state index contributed by atoms with van der Waals surface area (Å²) >= 11 is 1.59. The van der Waals surface area contributed by atoms with Gasteiger partial charge in [0.15, 0.2) is 5.82 Å². The van der Waals surface area contributed by atoms with E-state index < -0.39 is 0 Å². The lowest BCUT2D eigenvalue weighted by atomic mass is 9.99. The Bertz CT molecular complexity index is 576. The van der Waals surface area contributed by atoms with Crippen LogP contribution in [-0.2, 0) is 11.2 Å². The van der Waals surface area contributed by atoms with Crippen LogP contribution in [0.3, 0.4) is 0 Å². The summed E-state index contributed by atoms with van der Waals surface area (Å²) in [5.74, 6) is 1.29. The number of benzene rings is 1. The first kappa shape index (κ1) is 12.4. The maximum Gasteiger partial charge on any atom is 0.156 e. The standard InChI is InChI=1S/C14H15N3OS/c15-13-14(17-7-6-16-13)19-9-12-11-4-2-1-3-10(11)5-8-18-12/h1-4,6-7,12H,5,8-9H2,(H2,15,16). The molecule has 0 fully saturated rings. The van der Waals surface area contributed by atoms with Gasteiger partial charge in [-0.25, -0.2) is 9.97 Å². The molecule has 2 heterocycles. The van der Waals surface area contributed by atoms with Crippen LogP contribution in [0.15, 0.2) is 41.7 Å². The highest BCUT2D eigenvalue weighted by molar-refractivity contribution is 7.99. The van der Waals surface area contributed by atoms with Gasteiger partial charge in [-0.3, -0.25) is 0 Å². The number of fused-ring (bicyclic) bond motifs is 1. The molecule has 98 valence electrons. The van der Waals surface area contributed by atoms with Crippen molar-refractivity contribution in [2.45, 2.75) is 17.6 Å². The maximum absolute atomic E-state index is 5.86. The summed E-state index contributed by atoms with van der Waals surface area (Å²) in [6.45, 7) is 0.776. The molecule has 0 saturated heterocycles. The molecule has 1 aromatic heterocycles. The molecule has 2 N–H and O–H groups in total. The molecule has 0 saturated carbocycles. The Balaban J connectivity index is 1.73. The van der Waals surface area contributed by atoms with E-state index >= 15 is 0 Å². The zero-order chi connectivity index (χ0) is 13.1. The van der Waals surface area contributed by atoms with E-state index in [-0.39, 0.29) is 6.10 Å². The van der Waals surface area contributed by atoms with E-state index in [1.165, 1.54) is 11.1 Å². The summed E-state index contributed by atoms with van der Waals surface area (Å²) in [6.07, 6.45) is 4.36.